The fraction of sp³-hybridized carbons (Fsp3) is 0.613. The predicted molar refractivity (Wildman–Crippen MR) is 156 cm³/mol. The first-order valence-electron chi connectivity index (χ1n) is 14.9. The minimum absolute atomic E-state index is 0.164. The highest BCUT2D eigenvalue weighted by Gasteiger charge is 2.50. The van der Waals surface area contributed by atoms with Gasteiger partial charge in [0.1, 0.15) is 23.4 Å². The van der Waals surface area contributed by atoms with Crippen LogP contribution in [0.4, 0.5) is 0 Å². The van der Waals surface area contributed by atoms with Gasteiger partial charge in [-0.2, -0.15) is 0 Å². The van der Waals surface area contributed by atoms with Crippen molar-refractivity contribution in [3.05, 3.63) is 41.5 Å². The first-order valence-corrected chi connectivity index (χ1v) is 14.9. The maximum Gasteiger partial charge on any atom is 0.243 e. The predicted octanol–water partition coefficient (Wildman–Crippen LogP) is 1.29. The minimum Gasteiger partial charge on any atom is -0.497 e. The fourth-order valence-electron chi connectivity index (χ4n) is 5.27. The molecule has 11 heteroatoms. The molecule has 3 aliphatic rings. The van der Waals surface area contributed by atoms with Gasteiger partial charge in [-0.1, -0.05) is 23.8 Å². The van der Waals surface area contributed by atoms with E-state index in [0.29, 0.717) is 45.1 Å². The largest absolute Gasteiger partial charge is 0.497 e. The summed E-state index contributed by atoms with van der Waals surface area (Å²) < 4.78 is 16.0. The molecule has 2 fully saturated rings. The topological polar surface area (TPSA) is 139 Å². The zero-order valence-electron chi connectivity index (χ0n) is 24.9. The molecule has 0 saturated carbocycles. The summed E-state index contributed by atoms with van der Waals surface area (Å²) in [4.78, 5) is 54.9. The second kappa shape index (κ2) is 14.8. The Kier molecular flexibility index (Phi) is 11.1. The number of rotatable bonds is 14. The van der Waals surface area contributed by atoms with Crippen LogP contribution in [0.5, 0.6) is 5.75 Å². The van der Waals surface area contributed by atoms with Crippen LogP contribution in [0.3, 0.4) is 0 Å². The summed E-state index contributed by atoms with van der Waals surface area (Å²) in [6.45, 7) is 6.25. The Bertz CT molecular complexity index is 1140. The number of carbonyl (C=O) groups is 4. The van der Waals surface area contributed by atoms with Gasteiger partial charge in [0.25, 0.3) is 0 Å². The highest BCUT2D eigenvalue weighted by molar-refractivity contribution is 5.98. The molecule has 2 saturated heterocycles. The third kappa shape index (κ3) is 9.11. The molecule has 1 aromatic carbocycles. The highest BCUT2D eigenvalue weighted by Crippen LogP contribution is 2.31. The third-order valence-electron chi connectivity index (χ3n) is 8.06. The zero-order valence-corrected chi connectivity index (χ0v) is 24.9. The van der Waals surface area contributed by atoms with Gasteiger partial charge >= 0.3 is 0 Å². The Morgan fingerprint density at radius 1 is 0.976 bits per heavy atom. The number of allylic oxidation sites excluding steroid dienone is 1. The van der Waals surface area contributed by atoms with Gasteiger partial charge in [-0.05, 0) is 63.6 Å². The maximum absolute atomic E-state index is 13.7. The van der Waals surface area contributed by atoms with Crippen molar-refractivity contribution in [2.75, 3.05) is 46.6 Å². The van der Waals surface area contributed by atoms with Crippen LogP contribution in [-0.2, 0) is 35.1 Å². The summed E-state index contributed by atoms with van der Waals surface area (Å²) in [6, 6.07) is 4.61. The number of epoxide rings is 1. The van der Waals surface area contributed by atoms with Crippen molar-refractivity contribution in [2.45, 2.75) is 76.1 Å². The molecule has 2 heterocycles. The van der Waals surface area contributed by atoms with Crippen LogP contribution >= 0.6 is 0 Å². The molecule has 3 amide bonds. The van der Waals surface area contributed by atoms with Crippen molar-refractivity contribution in [2.24, 2.45) is 0 Å². The van der Waals surface area contributed by atoms with Crippen LogP contribution < -0.4 is 20.7 Å². The number of Topliss-reactive ketones (excluding diaryl/α,β-unsaturated/α-hetero) is 1. The molecule has 230 valence electrons. The summed E-state index contributed by atoms with van der Waals surface area (Å²) in [5.74, 6) is -0.732. The second-order valence-electron chi connectivity index (χ2n) is 11.5. The lowest BCUT2D eigenvalue weighted by atomic mass is 9.89. The van der Waals surface area contributed by atoms with Gasteiger partial charge in [0.2, 0.25) is 17.7 Å². The Hall–Kier alpha value is -3.28. The number of hydrogen-bond acceptors (Lipinski definition) is 8. The van der Waals surface area contributed by atoms with Crippen LogP contribution in [0.2, 0.25) is 0 Å². The number of nitrogens with one attached hydrogen (secondary N) is 3. The highest BCUT2D eigenvalue weighted by atomic mass is 16.6. The van der Waals surface area contributed by atoms with E-state index in [-0.39, 0.29) is 24.7 Å². The lowest BCUT2D eigenvalue weighted by Gasteiger charge is -2.27. The van der Waals surface area contributed by atoms with Crippen LogP contribution in [0.1, 0.15) is 51.5 Å². The van der Waals surface area contributed by atoms with Gasteiger partial charge in [0.05, 0.1) is 39.5 Å². The monoisotopic (exact) mass is 584 g/mol. The number of ketones is 1. The van der Waals surface area contributed by atoms with Gasteiger partial charge in [0, 0.05) is 19.5 Å². The molecule has 0 radical (unpaired) electrons. The Morgan fingerprint density at radius 2 is 1.67 bits per heavy atom. The van der Waals surface area contributed by atoms with Crippen molar-refractivity contribution >= 4 is 23.5 Å². The smallest absolute Gasteiger partial charge is 0.243 e. The molecule has 0 aromatic heterocycles. The molecular formula is C31H44N4O7. The van der Waals surface area contributed by atoms with Crippen molar-refractivity contribution in [1.82, 2.24) is 20.9 Å². The van der Waals surface area contributed by atoms with E-state index in [1.54, 1.807) is 33.1 Å². The van der Waals surface area contributed by atoms with Gasteiger partial charge < -0.3 is 30.2 Å². The Morgan fingerprint density at radius 3 is 2.29 bits per heavy atom. The molecule has 2 aliphatic heterocycles. The second-order valence-corrected chi connectivity index (χ2v) is 11.5. The minimum atomic E-state index is -0.979. The lowest BCUT2D eigenvalue weighted by Crippen LogP contribution is -2.57. The van der Waals surface area contributed by atoms with Crippen molar-refractivity contribution < 1.29 is 33.4 Å². The standard InChI is InChI=1S/C31H44N4O7/c1-21(32-27(36)19-35-13-15-41-16-14-35)29(38)34-26(18-23-9-11-24(40-3)12-10-23)30(39)33-25(28(37)31(2)20-42-31)17-22-7-5-4-6-8-22/h7,9-12,21,25-26H,4-6,8,13-20H2,1-3H3,(H,32,36)(H,33,39)(H,34,38)/t21-,25-,26-,31+/m0/s1. The summed E-state index contributed by atoms with van der Waals surface area (Å²) in [7, 11) is 1.57. The SMILES string of the molecule is COc1ccc(C[C@H](NC(=O)[C@H](C)NC(=O)CN2CCOCC2)C(=O)N[C@@H](CC2=CCCCC2)C(=O)[C@@]2(C)CO2)cc1. The number of amides is 3. The first kappa shape index (κ1) is 31.7. The number of hydrogen-bond donors (Lipinski definition) is 3. The van der Waals surface area contributed by atoms with E-state index in [2.05, 4.69) is 22.0 Å². The zero-order chi connectivity index (χ0) is 30.1. The molecule has 42 heavy (non-hydrogen) atoms. The Balaban J connectivity index is 1.45. The number of benzene rings is 1. The van der Waals surface area contributed by atoms with Crippen LogP contribution in [0.15, 0.2) is 35.9 Å². The van der Waals surface area contributed by atoms with E-state index in [1.165, 1.54) is 0 Å². The van der Waals surface area contributed by atoms with E-state index in [9.17, 15) is 19.2 Å². The van der Waals surface area contributed by atoms with Crippen molar-refractivity contribution in [3.8, 4) is 5.75 Å². The average Bonchev–Trinajstić information content (AvgIpc) is 3.75. The van der Waals surface area contributed by atoms with Crippen molar-refractivity contribution in [1.29, 1.82) is 0 Å². The van der Waals surface area contributed by atoms with Gasteiger partial charge in [-0.3, -0.25) is 24.1 Å². The van der Waals surface area contributed by atoms with Gasteiger partial charge in [-0.25, -0.2) is 0 Å². The van der Waals surface area contributed by atoms with Crippen LogP contribution in [0, 0.1) is 0 Å². The van der Waals surface area contributed by atoms with Gasteiger partial charge in [-0.15, -0.1) is 0 Å². The van der Waals surface area contributed by atoms with Crippen LogP contribution in [0.25, 0.3) is 0 Å². The van der Waals surface area contributed by atoms with E-state index in [1.807, 2.05) is 17.0 Å². The lowest BCUT2D eigenvalue weighted by molar-refractivity contribution is -0.134. The third-order valence-corrected chi connectivity index (χ3v) is 8.06. The quantitative estimate of drug-likeness (QED) is 0.220. The summed E-state index contributed by atoms with van der Waals surface area (Å²) >= 11 is 0. The molecule has 1 aliphatic carbocycles. The molecular weight excluding hydrogens is 540 g/mol. The number of ether oxygens (including phenoxy) is 3. The number of nitrogens with zero attached hydrogens (tertiary/aromatic N) is 1. The molecule has 3 N–H and O–H groups in total. The molecule has 11 nitrogen and oxygen atoms in total. The van der Waals surface area contributed by atoms with Crippen molar-refractivity contribution in [3.63, 3.8) is 0 Å². The van der Waals surface area contributed by atoms with E-state index < -0.39 is 35.5 Å². The molecule has 4 atom stereocenters. The van der Waals surface area contributed by atoms with E-state index >= 15 is 0 Å². The maximum atomic E-state index is 13.7. The summed E-state index contributed by atoms with van der Waals surface area (Å²) in [5, 5.41) is 8.49. The molecule has 4 rings (SSSR count). The molecule has 0 spiro atoms. The Labute approximate surface area is 247 Å². The van der Waals surface area contributed by atoms with E-state index in [0.717, 1.165) is 36.8 Å². The van der Waals surface area contributed by atoms with Crippen LogP contribution in [-0.4, -0.2) is 98.7 Å². The van der Waals surface area contributed by atoms with Gasteiger partial charge in [0.15, 0.2) is 5.78 Å². The molecule has 0 bridgehead atoms. The fourth-order valence-corrected chi connectivity index (χ4v) is 5.27. The number of carbonyl (C=O) groups excluding carboxylic acids is 4. The number of morpholine rings is 1. The average molecular weight is 585 g/mol. The van der Waals surface area contributed by atoms with E-state index in [4.69, 9.17) is 14.2 Å². The normalized spacial score (nSPS) is 22.6. The molecule has 1 aromatic rings. The first-order chi connectivity index (χ1) is 20.2. The number of methoxy groups -OCH3 is 1. The summed E-state index contributed by atoms with van der Waals surface area (Å²) in [6.07, 6.45) is 6.79. The summed E-state index contributed by atoms with van der Waals surface area (Å²) in [5.41, 5.74) is 1.05. The molecule has 0 unspecified atom stereocenters.